The highest BCUT2D eigenvalue weighted by Crippen LogP contribution is 2.35. The van der Waals surface area contributed by atoms with Crippen molar-refractivity contribution in [2.45, 2.75) is 31.5 Å². The number of ether oxygens (including phenoxy) is 2. The topological polar surface area (TPSA) is 49.9 Å². The molecule has 1 saturated carbocycles. The second kappa shape index (κ2) is 10.4. The molecule has 0 spiro atoms. The minimum absolute atomic E-state index is 0.256. The number of hydrogen-bond acceptors (Lipinski definition) is 7. The summed E-state index contributed by atoms with van der Waals surface area (Å²) in [5.41, 5.74) is 3.37. The van der Waals surface area contributed by atoms with Gasteiger partial charge in [0.1, 0.15) is 16.9 Å². The molecule has 1 aromatic heterocycles. The van der Waals surface area contributed by atoms with Crippen LogP contribution in [0.25, 0.3) is 20.8 Å². The summed E-state index contributed by atoms with van der Waals surface area (Å²) >= 11 is 1.72. The largest absolute Gasteiger partial charge is 0.490 e. The summed E-state index contributed by atoms with van der Waals surface area (Å²) in [7, 11) is 4.11. The van der Waals surface area contributed by atoms with Crippen molar-refractivity contribution in [3.8, 4) is 16.3 Å². The first-order valence-corrected chi connectivity index (χ1v) is 12.9. The SMILES string of the molecule is CN(C)c1ccc(-c2nc3ccc(O[C@H]4C[C@H](OCCCN5CCNCC5)C4)cc3s2)cc1. The molecule has 2 fully saturated rings. The molecule has 0 radical (unpaired) electrons. The van der Waals surface area contributed by atoms with Crippen molar-refractivity contribution >= 4 is 27.2 Å². The van der Waals surface area contributed by atoms with Gasteiger partial charge in [0.25, 0.3) is 0 Å². The Kier molecular flexibility index (Phi) is 7.11. The molecule has 0 unspecified atom stereocenters. The number of anilines is 1. The fourth-order valence-electron chi connectivity index (χ4n) is 4.42. The fraction of sp³-hybridized carbons (Fsp3) is 0.500. The molecule has 0 amide bonds. The summed E-state index contributed by atoms with van der Waals surface area (Å²) in [6, 6.07) is 14.8. The number of aromatic nitrogens is 1. The first-order valence-electron chi connectivity index (χ1n) is 12.0. The monoisotopic (exact) mass is 466 g/mol. The van der Waals surface area contributed by atoms with Crippen LogP contribution in [0.4, 0.5) is 5.69 Å². The Labute approximate surface area is 200 Å². The van der Waals surface area contributed by atoms with Crippen LogP contribution in [0.2, 0.25) is 0 Å². The zero-order chi connectivity index (χ0) is 22.6. The standard InChI is InChI=1S/C26H34N4O2S/c1-29(2)20-6-4-19(5-7-20)26-28-24-9-8-21(18-25(24)33-26)32-23-16-22(17-23)31-15-3-12-30-13-10-27-11-14-30/h4-9,18,22-23,27H,3,10-17H2,1-2H3/t22-,23-. The fourth-order valence-corrected chi connectivity index (χ4v) is 5.42. The summed E-state index contributed by atoms with van der Waals surface area (Å²) in [6.07, 6.45) is 3.69. The van der Waals surface area contributed by atoms with Crippen LogP contribution >= 0.6 is 11.3 Å². The lowest BCUT2D eigenvalue weighted by Gasteiger charge is -2.35. The van der Waals surface area contributed by atoms with Crippen LogP contribution in [0.3, 0.4) is 0 Å². The van der Waals surface area contributed by atoms with E-state index in [1.54, 1.807) is 11.3 Å². The van der Waals surface area contributed by atoms with Gasteiger partial charge in [0.2, 0.25) is 0 Å². The van der Waals surface area contributed by atoms with Gasteiger partial charge in [-0.2, -0.15) is 0 Å². The molecule has 33 heavy (non-hydrogen) atoms. The van der Waals surface area contributed by atoms with E-state index in [4.69, 9.17) is 14.5 Å². The number of nitrogens with zero attached hydrogens (tertiary/aromatic N) is 3. The van der Waals surface area contributed by atoms with Crippen molar-refractivity contribution in [1.82, 2.24) is 15.2 Å². The van der Waals surface area contributed by atoms with Crippen LogP contribution in [-0.4, -0.2) is 75.5 Å². The molecule has 6 nitrogen and oxygen atoms in total. The Bertz CT molecular complexity index is 1040. The molecule has 1 aliphatic heterocycles. The highest BCUT2D eigenvalue weighted by atomic mass is 32.1. The van der Waals surface area contributed by atoms with Crippen molar-refractivity contribution in [3.05, 3.63) is 42.5 Å². The Morgan fingerprint density at radius 3 is 2.61 bits per heavy atom. The van der Waals surface area contributed by atoms with Crippen molar-refractivity contribution in [3.63, 3.8) is 0 Å². The predicted octanol–water partition coefficient (Wildman–Crippen LogP) is 4.25. The molecule has 1 saturated heterocycles. The van der Waals surface area contributed by atoms with E-state index in [0.717, 1.165) is 80.4 Å². The van der Waals surface area contributed by atoms with E-state index in [1.807, 2.05) is 6.07 Å². The van der Waals surface area contributed by atoms with E-state index in [-0.39, 0.29) is 6.10 Å². The molecule has 0 atom stereocenters. The summed E-state index contributed by atoms with van der Waals surface area (Å²) < 4.78 is 13.4. The van der Waals surface area contributed by atoms with Gasteiger partial charge in [0.15, 0.2) is 0 Å². The molecule has 0 bridgehead atoms. The molecule has 1 N–H and O–H groups in total. The third-order valence-corrected chi connectivity index (χ3v) is 7.59. The van der Waals surface area contributed by atoms with Gasteiger partial charge in [-0.15, -0.1) is 11.3 Å². The molecule has 5 rings (SSSR count). The zero-order valence-electron chi connectivity index (χ0n) is 19.6. The molecule has 176 valence electrons. The number of benzene rings is 2. The van der Waals surface area contributed by atoms with Gasteiger partial charge in [-0.1, -0.05) is 0 Å². The van der Waals surface area contributed by atoms with Gasteiger partial charge in [-0.25, -0.2) is 4.98 Å². The maximum Gasteiger partial charge on any atom is 0.124 e. The van der Waals surface area contributed by atoms with Crippen LogP contribution in [0.1, 0.15) is 19.3 Å². The van der Waals surface area contributed by atoms with E-state index in [9.17, 15) is 0 Å². The summed E-state index contributed by atoms with van der Waals surface area (Å²) in [4.78, 5) is 9.45. The lowest BCUT2D eigenvalue weighted by atomic mass is 9.92. The molecule has 2 heterocycles. The summed E-state index contributed by atoms with van der Waals surface area (Å²) in [5, 5.41) is 4.45. The van der Waals surface area contributed by atoms with Crippen molar-refractivity contribution < 1.29 is 9.47 Å². The minimum Gasteiger partial charge on any atom is -0.490 e. The molecule has 1 aliphatic carbocycles. The molecule has 2 aliphatic rings. The normalized spacial score (nSPS) is 21.2. The summed E-state index contributed by atoms with van der Waals surface area (Å²) in [5.74, 6) is 0.933. The number of hydrogen-bond donors (Lipinski definition) is 1. The van der Waals surface area contributed by atoms with Gasteiger partial charge >= 0.3 is 0 Å². The van der Waals surface area contributed by atoms with Crippen molar-refractivity contribution in [2.24, 2.45) is 0 Å². The highest BCUT2D eigenvalue weighted by Gasteiger charge is 2.31. The first-order chi connectivity index (χ1) is 16.1. The lowest BCUT2D eigenvalue weighted by molar-refractivity contribution is -0.0624. The third-order valence-electron chi connectivity index (χ3n) is 6.53. The highest BCUT2D eigenvalue weighted by molar-refractivity contribution is 7.21. The lowest BCUT2D eigenvalue weighted by Crippen LogP contribution is -2.44. The summed E-state index contributed by atoms with van der Waals surface area (Å²) in [6.45, 7) is 6.54. The predicted molar refractivity (Wildman–Crippen MR) is 137 cm³/mol. The molecular weight excluding hydrogens is 432 g/mol. The number of piperazine rings is 1. The van der Waals surface area contributed by atoms with Gasteiger partial charge in [0, 0.05) is 77.5 Å². The Morgan fingerprint density at radius 2 is 1.85 bits per heavy atom. The van der Waals surface area contributed by atoms with Gasteiger partial charge in [-0.3, -0.25) is 0 Å². The average molecular weight is 467 g/mol. The zero-order valence-corrected chi connectivity index (χ0v) is 20.4. The Balaban J connectivity index is 1.09. The number of rotatable bonds is 9. The molecule has 3 aromatic rings. The van der Waals surface area contributed by atoms with E-state index >= 15 is 0 Å². The molecule has 7 heteroatoms. The minimum atomic E-state index is 0.256. The average Bonchev–Trinajstić information content (AvgIpc) is 3.24. The van der Waals surface area contributed by atoms with Gasteiger partial charge in [0.05, 0.1) is 16.3 Å². The Morgan fingerprint density at radius 1 is 1.06 bits per heavy atom. The molecular formula is C26H34N4O2S. The number of thiazole rings is 1. The third kappa shape index (κ3) is 5.66. The van der Waals surface area contributed by atoms with Crippen LogP contribution in [-0.2, 0) is 4.74 Å². The van der Waals surface area contributed by atoms with Crippen LogP contribution < -0.4 is 15.0 Å². The van der Waals surface area contributed by atoms with Crippen LogP contribution in [0.15, 0.2) is 42.5 Å². The first kappa shape index (κ1) is 22.6. The number of nitrogens with one attached hydrogen (secondary N) is 1. The second-order valence-corrected chi connectivity index (χ2v) is 10.3. The Hall–Kier alpha value is -2.19. The van der Waals surface area contributed by atoms with E-state index in [1.165, 1.54) is 10.4 Å². The van der Waals surface area contributed by atoms with Gasteiger partial charge < -0.3 is 24.6 Å². The second-order valence-electron chi connectivity index (χ2n) is 9.24. The maximum atomic E-state index is 6.23. The smallest absolute Gasteiger partial charge is 0.124 e. The molecule has 2 aromatic carbocycles. The van der Waals surface area contributed by atoms with Crippen molar-refractivity contribution in [2.75, 3.05) is 58.3 Å². The van der Waals surface area contributed by atoms with Crippen LogP contribution in [0.5, 0.6) is 5.75 Å². The van der Waals surface area contributed by atoms with Crippen LogP contribution in [0, 0.1) is 0 Å². The van der Waals surface area contributed by atoms with E-state index in [0.29, 0.717) is 6.10 Å². The maximum absolute atomic E-state index is 6.23. The van der Waals surface area contributed by atoms with E-state index in [2.05, 4.69) is 65.6 Å². The van der Waals surface area contributed by atoms with E-state index < -0.39 is 0 Å². The van der Waals surface area contributed by atoms with Gasteiger partial charge in [-0.05, 0) is 48.9 Å². The number of fused-ring (bicyclic) bond motifs is 1. The quantitative estimate of drug-likeness (QED) is 0.476. The van der Waals surface area contributed by atoms with Crippen molar-refractivity contribution in [1.29, 1.82) is 0 Å².